The zero-order valence-electron chi connectivity index (χ0n) is 18.4. The van der Waals surface area contributed by atoms with E-state index in [0.29, 0.717) is 12.7 Å². The maximum absolute atomic E-state index is 12.6. The lowest BCUT2D eigenvalue weighted by Crippen LogP contribution is -2.61. The molecule has 0 heterocycles. The summed E-state index contributed by atoms with van der Waals surface area (Å²) < 4.78 is 11.0. The molecule has 1 aromatic carbocycles. The van der Waals surface area contributed by atoms with Crippen LogP contribution in [-0.2, 0) is 19.1 Å². The lowest BCUT2D eigenvalue weighted by atomic mass is 9.47. The van der Waals surface area contributed by atoms with Gasteiger partial charge in [-0.2, -0.15) is 0 Å². The number of aliphatic hydroxyl groups is 1. The molecule has 1 fully saturated rings. The Balaban J connectivity index is 1.87. The van der Waals surface area contributed by atoms with Gasteiger partial charge in [0.15, 0.2) is 0 Å². The standard InChI is InChI=1S/C25H30O6/c1-24(2)12-11-21(25(3)19(15-27)17(14-26)13-20(28)23(24)25)31-22(29)10-7-16-5-8-18(30-4)9-6-16/h5-10,13-15,19-21,23,28H,11-12H2,1-4H3/b10-7+/t19-,20-,21+,23-,25-/m0/s1. The van der Waals surface area contributed by atoms with Gasteiger partial charge in [-0.3, -0.25) is 4.79 Å². The second-order valence-electron chi connectivity index (χ2n) is 9.29. The molecule has 2 aliphatic rings. The normalized spacial score (nSPS) is 32.0. The molecule has 3 rings (SSSR count). The summed E-state index contributed by atoms with van der Waals surface area (Å²) in [6.07, 6.45) is 5.62. The van der Waals surface area contributed by atoms with Crippen molar-refractivity contribution in [3.8, 4) is 5.75 Å². The predicted molar refractivity (Wildman–Crippen MR) is 116 cm³/mol. The van der Waals surface area contributed by atoms with Crippen LogP contribution >= 0.6 is 0 Å². The zero-order valence-corrected chi connectivity index (χ0v) is 18.4. The van der Waals surface area contributed by atoms with E-state index in [-0.39, 0.29) is 16.9 Å². The van der Waals surface area contributed by atoms with Crippen molar-refractivity contribution in [2.45, 2.75) is 45.8 Å². The fourth-order valence-electron chi connectivity index (χ4n) is 5.57. The number of allylic oxidation sites excluding steroid dienone is 1. The van der Waals surface area contributed by atoms with Crippen LogP contribution in [-0.4, -0.2) is 43.0 Å². The number of benzene rings is 1. The van der Waals surface area contributed by atoms with Crippen LogP contribution in [0.2, 0.25) is 0 Å². The van der Waals surface area contributed by atoms with Crippen LogP contribution in [0.3, 0.4) is 0 Å². The van der Waals surface area contributed by atoms with Crippen molar-refractivity contribution in [2.75, 3.05) is 7.11 Å². The largest absolute Gasteiger partial charge is 0.497 e. The first-order valence-electron chi connectivity index (χ1n) is 10.5. The first kappa shape index (κ1) is 22.9. The van der Waals surface area contributed by atoms with Gasteiger partial charge in [0.2, 0.25) is 0 Å². The van der Waals surface area contributed by atoms with Crippen LogP contribution in [0.1, 0.15) is 39.2 Å². The van der Waals surface area contributed by atoms with Crippen LogP contribution in [0.4, 0.5) is 0 Å². The third-order valence-electron chi connectivity index (χ3n) is 7.05. The molecule has 0 bridgehead atoms. The van der Waals surface area contributed by atoms with Gasteiger partial charge in [0, 0.05) is 23.0 Å². The average Bonchev–Trinajstić information content (AvgIpc) is 2.74. The maximum Gasteiger partial charge on any atom is 0.331 e. The van der Waals surface area contributed by atoms with Crippen LogP contribution < -0.4 is 4.74 Å². The highest BCUT2D eigenvalue weighted by atomic mass is 16.5. The molecule has 0 spiro atoms. The molecule has 0 aromatic heterocycles. The molecule has 6 heteroatoms. The summed E-state index contributed by atoms with van der Waals surface area (Å²) >= 11 is 0. The number of aliphatic hydroxyl groups excluding tert-OH is 1. The van der Waals surface area contributed by atoms with E-state index in [1.54, 1.807) is 25.3 Å². The van der Waals surface area contributed by atoms with Crippen molar-refractivity contribution in [1.82, 2.24) is 0 Å². The number of hydrogen-bond acceptors (Lipinski definition) is 6. The number of fused-ring (bicyclic) bond motifs is 1. The summed E-state index contributed by atoms with van der Waals surface area (Å²) in [6.45, 7) is 5.94. The summed E-state index contributed by atoms with van der Waals surface area (Å²) in [5.41, 5.74) is -0.120. The number of ether oxygens (including phenoxy) is 2. The number of rotatable bonds is 6. The monoisotopic (exact) mass is 426 g/mol. The van der Waals surface area contributed by atoms with E-state index in [1.165, 1.54) is 12.2 Å². The fourth-order valence-corrected chi connectivity index (χ4v) is 5.57. The lowest BCUT2D eigenvalue weighted by molar-refractivity contribution is -0.187. The second kappa shape index (κ2) is 8.79. The van der Waals surface area contributed by atoms with E-state index >= 15 is 0 Å². The maximum atomic E-state index is 12.6. The van der Waals surface area contributed by atoms with Gasteiger partial charge < -0.3 is 19.4 Å². The Kier molecular flexibility index (Phi) is 6.51. The molecule has 0 aliphatic heterocycles. The Hall–Kier alpha value is -2.73. The molecule has 0 saturated heterocycles. The highest BCUT2D eigenvalue weighted by Gasteiger charge is 2.61. The van der Waals surface area contributed by atoms with Crippen molar-refractivity contribution >= 4 is 24.6 Å². The Morgan fingerprint density at radius 3 is 2.42 bits per heavy atom. The van der Waals surface area contributed by atoms with Gasteiger partial charge in [-0.1, -0.05) is 32.9 Å². The van der Waals surface area contributed by atoms with Crippen molar-refractivity contribution in [1.29, 1.82) is 0 Å². The topological polar surface area (TPSA) is 89.9 Å². The SMILES string of the molecule is COc1ccc(/C=C/C(=O)O[C@@H]2CCC(C)(C)[C@@H]3[C@@H](O)C=C(C=O)[C@H](C=O)[C@@]23C)cc1. The number of esters is 1. The molecule has 6 nitrogen and oxygen atoms in total. The first-order valence-corrected chi connectivity index (χ1v) is 10.5. The van der Waals surface area contributed by atoms with Crippen LogP contribution in [0.5, 0.6) is 5.75 Å². The molecule has 1 saturated carbocycles. The molecule has 0 amide bonds. The van der Waals surface area contributed by atoms with Gasteiger partial charge in [-0.15, -0.1) is 0 Å². The molecule has 2 aliphatic carbocycles. The minimum atomic E-state index is -0.896. The Morgan fingerprint density at radius 2 is 1.84 bits per heavy atom. The number of hydrogen-bond donors (Lipinski definition) is 1. The van der Waals surface area contributed by atoms with Crippen molar-refractivity contribution in [2.24, 2.45) is 22.7 Å². The predicted octanol–water partition coefficient (Wildman–Crippen LogP) is 3.38. The minimum absolute atomic E-state index is 0.244. The van der Waals surface area contributed by atoms with E-state index in [0.717, 1.165) is 24.0 Å². The highest BCUT2D eigenvalue weighted by Crippen LogP contribution is 2.59. The summed E-state index contributed by atoms with van der Waals surface area (Å²) in [6, 6.07) is 7.24. The molecule has 5 atom stereocenters. The number of aldehydes is 2. The quantitative estimate of drug-likeness (QED) is 0.426. The van der Waals surface area contributed by atoms with E-state index in [4.69, 9.17) is 9.47 Å². The van der Waals surface area contributed by atoms with Gasteiger partial charge in [0.1, 0.15) is 24.4 Å². The van der Waals surface area contributed by atoms with Crippen molar-refractivity contribution in [3.05, 3.63) is 47.6 Å². The summed E-state index contributed by atoms with van der Waals surface area (Å²) in [7, 11) is 1.58. The molecule has 31 heavy (non-hydrogen) atoms. The van der Waals surface area contributed by atoms with Crippen LogP contribution in [0.25, 0.3) is 6.08 Å². The van der Waals surface area contributed by atoms with Gasteiger partial charge in [0.25, 0.3) is 0 Å². The summed E-state index contributed by atoms with van der Waals surface area (Å²) in [5, 5.41) is 10.9. The van der Waals surface area contributed by atoms with Crippen LogP contribution in [0, 0.1) is 22.7 Å². The smallest absolute Gasteiger partial charge is 0.331 e. The van der Waals surface area contributed by atoms with Gasteiger partial charge >= 0.3 is 5.97 Å². The summed E-state index contributed by atoms with van der Waals surface area (Å²) in [4.78, 5) is 36.3. The molecule has 0 unspecified atom stereocenters. The minimum Gasteiger partial charge on any atom is -0.497 e. The fraction of sp³-hybridized carbons (Fsp3) is 0.480. The Bertz CT molecular complexity index is 897. The van der Waals surface area contributed by atoms with Gasteiger partial charge in [-0.05, 0) is 48.1 Å². The third kappa shape index (κ3) is 4.22. The zero-order chi connectivity index (χ0) is 22.8. The number of carbonyl (C=O) groups is 3. The van der Waals surface area contributed by atoms with E-state index in [9.17, 15) is 19.5 Å². The molecule has 166 valence electrons. The number of carbonyl (C=O) groups excluding carboxylic acids is 3. The van der Waals surface area contributed by atoms with Crippen LogP contribution in [0.15, 0.2) is 42.0 Å². The van der Waals surface area contributed by atoms with E-state index in [1.807, 2.05) is 32.9 Å². The highest BCUT2D eigenvalue weighted by molar-refractivity contribution is 5.87. The Labute approximate surface area is 182 Å². The second-order valence-corrected chi connectivity index (χ2v) is 9.29. The van der Waals surface area contributed by atoms with Crippen molar-refractivity contribution < 1.29 is 29.0 Å². The van der Waals surface area contributed by atoms with Crippen molar-refractivity contribution in [3.63, 3.8) is 0 Å². The van der Waals surface area contributed by atoms with Gasteiger partial charge in [-0.25, -0.2) is 4.79 Å². The lowest BCUT2D eigenvalue weighted by Gasteiger charge is -2.59. The summed E-state index contributed by atoms with van der Waals surface area (Å²) in [5.74, 6) is -0.891. The molecule has 1 aromatic rings. The van der Waals surface area contributed by atoms with E-state index in [2.05, 4.69) is 0 Å². The molecular formula is C25H30O6. The van der Waals surface area contributed by atoms with E-state index < -0.39 is 29.5 Å². The number of methoxy groups -OCH3 is 1. The molecule has 1 N–H and O–H groups in total. The molecular weight excluding hydrogens is 396 g/mol. The Morgan fingerprint density at radius 1 is 1.16 bits per heavy atom. The first-order chi connectivity index (χ1) is 14.7. The van der Waals surface area contributed by atoms with Gasteiger partial charge in [0.05, 0.1) is 19.1 Å². The molecule has 0 radical (unpaired) electrons. The average molecular weight is 427 g/mol. The third-order valence-corrected chi connectivity index (χ3v) is 7.05.